The Kier molecular flexibility index (Phi) is 6.91. The van der Waals surface area contributed by atoms with Crippen LogP contribution in [0.2, 0.25) is 0 Å². The molecule has 1 aliphatic rings. The first kappa shape index (κ1) is 21.0. The molecule has 0 unspecified atom stereocenters. The van der Waals surface area contributed by atoms with Crippen LogP contribution in [0.15, 0.2) is 47.4 Å². The molecule has 1 N–H and O–H groups in total. The molecule has 0 amide bonds. The second-order valence-electron chi connectivity index (χ2n) is 7.37. The second kappa shape index (κ2) is 9.21. The van der Waals surface area contributed by atoms with E-state index >= 15 is 0 Å². The highest BCUT2D eigenvalue weighted by Gasteiger charge is 2.43. The largest absolute Gasteiger partial charge is 0.493 e. The first-order valence-corrected chi connectivity index (χ1v) is 11.0. The van der Waals surface area contributed by atoms with Crippen molar-refractivity contribution in [3.8, 4) is 11.5 Å². The van der Waals surface area contributed by atoms with Gasteiger partial charge in [0, 0.05) is 10.6 Å². The molecule has 3 rings (SSSR count). The predicted molar refractivity (Wildman–Crippen MR) is 115 cm³/mol. The number of ether oxygens (including phenoxy) is 2. The maximum absolute atomic E-state index is 11.6. The molecule has 28 heavy (non-hydrogen) atoms. The zero-order valence-corrected chi connectivity index (χ0v) is 18.1. The van der Waals surface area contributed by atoms with Gasteiger partial charge in [-0.15, -0.1) is 11.8 Å². The molecule has 0 spiro atoms. The van der Waals surface area contributed by atoms with E-state index in [1.54, 1.807) is 31.0 Å². The fraction of sp³-hybridized carbons (Fsp3) is 0.478. The average Bonchev–Trinajstić information content (AvgIpc) is 2.86. The van der Waals surface area contributed by atoms with E-state index in [4.69, 9.17) is 9.47 Å². The third-order valence-corrected chi connectivity index (χ3v) is 7.15. The van der Waals surface area contributed by atoms with Gasteiger partial charge in [-0.25, -0.2) is 0 Å². The Labute approximate surface area is 172 Å². The van der Waals surface area contributed by atoms with Gasteiger partial charge in [0.1, 0.15) is 0 Å². The first-order valence-electron chi connectivity index (χ1n) is 10.0. The van der Waals surface area contributed by atoms with Crippen LogP contribution in [0, 0.1) is 0 Å². The Morgan fingerprint density at radius 3 is 2.39 bits per heavy atom. The normalized spacial score (nSPS) is 22.4. The van der Waals surface area contributed by atoms with E-state index in [-0.39, 0.29) is 11.6 Å². The molecule has 0 aliphatic carbocycles. The van der Waals surface area contributed by atoms with E-state index in [0.29, 0.717) is 5.75 Å². The molecule has 1 aliphatic heterocycles. The van der Waals surface area contributed by atoms with Crippen LogP contribution in [0.3, 0.4) is 0 Å². The fourth-order valence-electron chi connectivity index (χ4n) is 3.99. The second-order valence-corrected chi connectivity index (χ2v) is 8.39. The molecule has 2 aromatic carbocycles. The van der Waals surface area contributed by atoms with E-state index in [1.807, 2.05) is 30.3 Å². The van der Waals surface area contributed by atoms with Crippen molar-refractivity contribution in [1.29, 1.82) is 0 Å². The van der Waals surface area contributed by atoms with Gasteiger partial charge >= 0.3 is 0 Å². The van der Waals surface area contributed by atoms with Crippen molar-refractivity contribution >= 4 is 11.8 Å². The lowest BCUT2D eigenvalue weighted by Crippen LogP contribution is -2.49. The highest BCUT2D eigenvalue weighted by atomic mass is 32.2. The summed E-state index contributed by atoms with van der Waals surface area (Å²) in [6.07, 6.45) is 4.07. The summed E-state index contributed by atoms with van der Waals surface area (Å²) >= 11 is 1.81. The van der Waals surface area contributed by atoms with Gasteiger partial charge in [-0.05, 0) is 36.1 Å². The molecule has 0 saturated carbocycles. The van der Waals surface area contributed by atoms with Crippen molar-refractivity contribution in [2.45, 2.75) is 56.0 Å². The number of hydrogen-bond donors (Lipinski definition) is 1. The van der Waals surface area contributed by atoms with E-state index in [0.717, 1.165) is 53.2 Å². The molecule has 0 fully saturated rings. The molecular weight excluding hydrogens is 370 g/mol. The molecule has 5 heteroatoms. The van der Waals surface area contributed by atoms with Crippen LogP contribution in [-0.4, -0.2) is 35.8 Å². The standard InChI is InChI=1S/C23H31NO3S/c1-5-7-13-23(6-2)16-28-21-15-20(27-4)19(26-3)14-18(21)22(24(23)25)17-11-9-8-10-12-17/h8-12,14-15,22,25H,5-7,13,16H2,1-4H3/t22-,23-/m1/s1. The van der Waals surface area contributed by atoms with Crippen LogP contribution < -0.4 is 9.47 Å². The minimum absolute atomic E-state index is 0.247. The summed E-state index contributed by atoms with van der Waals surface area (Å²) in [6, 6.07) is 14.1. The number of rotatable bonds is 7. The zero-order valence-electron chi connectivity index (χ0n) is 17.3. The maximum atomic E-state index is 11.6. The summed E-state index contributed by atoms with van der Waals surface area (Å²) in [6.45, 7) is 4.38. The average molecular weight is 402 g/mol. The van der Waals surface area contributed by atoms with Crippen LogP contribution in [0.1, 0.15) is 56.7 Å². The summed E-state index contributed by atoms with van der Waals surface area (Å²) in [5.74, 6) is 2.25. The number of hydroxylamine groups is 2. The van der Waals surface area contributed by atoms with Crippen molar-refractivity contribution in [3.05, 3.63) is 53.6 Å². The molecule has 4 nitrogen and oxygen atoms in total. The first-order chi connectivity index (χ1) is 13.6. The zero-order chi connectivity index (χ0) is 20.1. The van der Waals surface area contributed by atoms with Crippen molar-refractivity contribution in [1.82, 2.24) is 5.06 Å². The Bertz CT molecular complexity index is 783. The minimum atomic E-state index is -0.277. The SMILES string of the molecule is CCCC[C@]1(CC)CSc2cc(OC)c(OC)cc2[C@@H](c2ccccc2)N1O. The number of methoxy groups -OCH3 is 2. The third-order valence-electron chi connectivity index (χ3n) is 5.81. The van der Waals surface area contributed by atoms with Crippen LogP contribution in [-0.2, 0) is 0 Å². The minimum Gasteiger partial charge on any atom is -0.493 e. The monoisotopic (exact) mass is 401 g/mol. The molecule has 0 aromatic heterocycles. The van der Waals surface area contributed by atoms with Crippen LogP contribution in [0.25, 0.3) is 0 Å². The lowest BCUT2D eigenvalue weighted by Gasteiger charge is -2.42. The smallest absolute Gasteiger partial charge is 0.161 e. The lowest BCUT2D eigenvalue weighted by atomic mass is 9.87. The van der Waals surface area contributed by atoms with E-state index in [1.165, 1.54) is 0 Å². The van der Waals surface area contributed by atoms with Gasteiger partial charge in [0.05, 0.1) is 25.8 Å². The quantitative estimate of drug-likeness (QED) is 0.623. The lowest BCUT2D eigenvalue weighted by molar-refractivity contribution is -0.193. The summed E-state index contributed by atoms with van der Waals surface area (Å²) in [4.78, 5) is 1.14. The fourth-order valence-corrected chi connectivity index (χ4v) is 5.42. The molecule has 1 heterocycles. The van der Waals surface area contributed by atoms with Crippen molar-refractivity contribution in [3.63, 3.8) is 0 Å². The topological polar surface area (TPSA) is 41.9 Å². The van der Waals surface area contributed by atoms with Crippen LogP contribution >= 0.6 is 11.8 Å². The van der Waals surface area contributed by atoms with E-state index < -0.39 is 0 Å². The maximum Gasteiger partial charge on any atom is 0.161 e. The summed E-state index contributed by atoms with van der Waals surface area (Å²) < 4.78 is 11.1. The number of thioether (sulfide) groups is 1. The number of fused-ring (bicyclic) bond motifs is 1. The van der Waals surface area contributed by atoms with Crippen molar-refractivity contribution in [2.75, 3.05) is 20.0 Å². The van der Waals surface area contributed by atoms with E-state index in [2.05, 4.69) is 26.0 Å². The highest BCUT2D eigenvalue weighted by molar-refractivity contribution is 7.99. The van der Waals surface area contributed by atoms with Gasteiger partial charge in [-0.2, -0.15) is 5.06 Å². The summed E-state index contributed by atoms with van der Waals surface area (Å²) in [7, 11) is 3.32. The van der Waals surface area contributed by atoms with Gasteiger partial charge in [-0.1, -0.05) is 57.0 Å². The number of benzene rings is 2. The third kappa shape index (κ3) is 3.88. The molecular formula is C23H31NO3S. The van der Waals surface area contributed by atoms with E-state index in [9.17, 15) is 5.21 Å². The highest BCUT2D eigenvalue weighted by Crippen LogP contribution is 2.49. The summed E-state index contributed by atoms with van der Waals surface area (Å²) in [5, 5.41) is 13.3. The van der Waals surface area contributed by atoms with Crippen molar-refractivity contribution in [2.24, 2.45) is 0 Å². The Morgan fingerprint density at radius 2 is 1.79 bits per heavy atom. The van der Waals surface area contributed by atoms with Gasteiger partial charge in [-0.3, -0.25) is 0 Å². The van der Waals surface area contributed by atoms with Gasteiger partial charge in [0.25, 0.3) is 0 Å². The molecule has 152 valence electrons. The number of nitrogens with zero attached hydrogens (tertiary/aromatic N) is 1. The predicted octanol–water partition coefficient (Wildman–Crippen LogP) is 5.93. The number of unbranched alkanes of at least 4 members (excludes halogenated alkanes) is 1. The van der Waals surface area contributed by atoms with Crippen LogP contribution in [0.5, 0.6) is 11.5 Å². The van der Waals surface area contributed by atoms with Gasteiger partial charge in [0.15, 0.2) is 11.5 Å². The Hall–Kier alpha value is -1.69. The Balaban J connectivity index is 2.18. The molecule has 0 saturated heterocycles. The molecule has 2 atom stereocenters. The van der Waals surface area contributed by atoms with Gasteiger partial charge in [0.2, 0.25) is 0 Å². The molecule has 2 aromatic rings. The number of hydrogen-bond acceptors (Lipinski definition) is 5. The van der Waals surface area contributed by atoms with Crippen LogP contribution in [0.4, 0.5) is 0 Å². The molecule has 0 bridgehead atoms. The van der Waals surface area contributed by atoms with Gasteiger partial charge < -0.3 is 14.7 Å². The Morgan fingerprint density at radius 1 is 1.11 bits per heavy atom. The molecule has 0 radical (unpaired) electrons. The summed E-state index contributed by atoms with van der Waals surface area (Å²) in [5.41, 5.74) is 1.86. The van der Waals surface area contributed by atoms with Crippen molar-refractivity contribution < 1.29 is 14.7 Å².